The molecule has 0 aliphatic rings. The number of alkyl carbamates (subject to hydrolysis) is 1. The third kappa shape index (κ3) is 10.4. The zero-order valence-corrected chi connectivity index (χ0v) is 22.9. The molecular formula is C29H35N3O6S. The van der Waals surface area contributed by atoms with E-state index in [0.29, 0.717) is 50.1 Å². The topological polar surface area (TPSA) is 123 Å². The van der Waals surface area contributed by atoms with Crippen molar-refractivity contribution in [2.24, 2.45) is 0 Å². The van der Waals surface area contributed by atoms with Crippen LogP contribution in [0.15, 0.2) is 60.7 Å². The van der Waals surface area contributed by atoms with Crippen LogP contribution in [-0.2, 0) is 25.7 Å². The molecular weight excluding hydrogens is 518 g/mol. The number of methoxy groups -OCH3 is 1. The lowest BCUT2D eigenvalue weighted by Gasteiger charge is -2.18. The summed E-state index contributed by atoms with van der Waals surface area (Å²) in [5.41, 5.74) is 0.888. The standard InChI is InChI=1S/C29H35N3O6S/c1-37-26(33)16-6-3-9-17-30-27(34)23(32-28(35)25-19-22-13-7-8-15-24(22)39-25)14-10-18-31-29(36)38-20-21-11-4-2-5-12-21/h2,4-5,7-8,11-13,15,19,23H,3,6,9-10,14,16-18,20H2,1H3,(H,30,34)(H,31,36)(H,32,35)/t23-/m0/s1. The summed E-state index contributed by atoms with van der Waals surface area (Å²) in [6, 6.07) is 18.1. The van der Waals surface area contributed by atoms with Gasteiger partial charge in [-0.1, -0.05) is 55.0 Å². The highest BCUT2D eigenvalue weighted by Gasteiger charge is 2.22. The first-order chi connectivity index (χ1) is 19.0. The molecule has 0 aliphatic carbocycles. The number of hydrogen-bond acceptors (Lipinski definition) is 7. The van der Waals surface area contributed by atoms with Gasteiger partial charge in [-0.15, -0.1) is 11.3 Å². The zero-order chi connectivity index (χ0) is 27.9. The molecule has 1 aromatic heterocycles. The number of esters is 1. The number of amides is 3. The van der Waals surface area contributed by atoms with E-state index in [1.165, 1.54) is 18.4 Å². The summed E-state index contributed by atoms with van der Waals surface area (Å²) >= 11 is 1.37. The number of unbranched alkanes of at least 4 members (excludes halogenated alkanes) is 2. The Hall–Kier alpha value is -3.92. The maximum Gasteiger partial charge on any atom is 0.407 e. The van der Waals surface area contributed by atoms with Gasteiger partial charge in [0, 0.05) is 24.2 Å². The molecule has 39 heavy (non-hydrogen) atoms. The van der Waals surface area contributed by atoms with E-state index in [9.17, 15) is 19.2 Å². The highest BCUT2D eigenvalue weighted by atomic mass is 32.1. The molecule has 3 N–H and O–H groups in total. The third-order valence-electron chi connectivity index (χ3n) is 6.01. The molecule has 3 aromatic rings. The average molecular weight is 554 g/mol. The van der Waals surface area contributed by atoms with Crippen molar-refractivity contribution in [2.75, 3.05) is 20.2 Å². The van der Waals surface area contributed by atoms with Crippen molar-refractivity contribution in [3.8, 4) is 0 Å². The van der Waals surface area contributed by atoms with Crippen molar-refractivity contribution in [3.63, 3.8) is 0 Å². The lowest BCUT2D eigenvalue weighted by molar-refractivity contribution is -0.140. The summed E-state index contributed by atoms with van der Waals surface area (Å²) in [7, 11) is 1.36. The molecule has 2 aromatic carbocycles. The highest BCUT2D eigenvalue weighted by Crippen LogP contribution is 2.25. The molecule has 0 saturated carbocycles. The van der Waals surface area contributed by atoms with E-state index in [2.05, 4.69) is 20.7 Å². The minimum atomic E-state index is -0.764. The van der Waals surface area contributed by atoms with Gasteiger partial charge in [-0.3, -0.25) is 14.4 Å². The Morgan fingerprint density at radius 2 is 1.62 bits per heavy atom. The van der Waals surface area contributed by atoms with Gasteiger partial charge >= 0.3 is 12.1 Å². The van der Waals surface area contributed by atoms with Crippen LogP contribution in [0.3, 0.4) is 0 Å². The Balaban J connectivity index is 1.48. The first-order valence-electron chi connectivity index (χ1n) is 13.0. The number of nitrogens with one attached hydrogen (secondary N) is 3. The molecule has 0 bridgehead atoms. The average Bonchev–Trinajstić information content (AvgIpc) is 3.40. The zero-order valence-electron chi connectivity index (χ0n) is 22.1. The van der Waals surface area contributed by atoms with Crippen LogP contribution in [0, 0.1) is 0 Å². The van der Waals surface area contributed by atoms with E-state index in [0.717, 1.165) is 22.1 Å². The Morgan fingerprint density at radius 3 is 2.38 bits per heavy atom. The van der Waals surface area contributed by atoms with Crippen LogP contribution in [0.25, 0.3) is 10.1 Å². The molecule has 1 heterocycles. The fourth-order valence-electron chi connectivity index (χ4n) is 3.87. The Kier molecular flexibility index (Phi) is 12.3. The Bertz CT molecular complexity index is 1200. The van der Waals surface area contributed by atoms with Gasteiger partial charge in [0.25, 0.3) is 5.91 Å². The first-order valence-corrected chi connectivity index (χ1v) is 13.9. The molecule has 0 aliphatic heterocycles. The van der Waals surface area contributed by atoms with Crippen LogP contribution in [0.2, 0.25) is 0 Å². The van der Waals surface area contributed by atoms with Crippen LogP contribution >= 0.6 is 11.3 Å². The van der Waals surface area contributed by atoms with Crippen molar-refractivity contribution in [1.82, 2.24) is 16.0 Å². The monoisotopic (exact) mass is 553 g/mol. The normalized spacial score (nSPS) is 11.4. The summed E-state index contributed by atoms with van der Waals surface area (Å²) in [4.78, 5) is 49.7. The predicted octanol–water partition coefficient (Wildman–Crippen LogP) is 4.56. The second-order valence-corrected chi connectivity index (χ2v) is 10.1. The molecule has 208 valence electrons. The van der Waals surface area contributed by atoms with Gasteiger partial charge in [0.05, 0.1) is 12.0 Å². The van der Waals surface area contributed by atoms with Gasteiger partial charge < -0.3 is 25.4 Å². The van der Waals surface area contributed by atoms with Crippen molar-refractivity contribution < 1.29 is 28.7 Å². The van der Waals surface area contributed by atoms with E-state index in [1.807, 2.05) is 60.7 Å². The van der Waals surface area contributed by atoms with Crippen LogP contribution in [0.4, 0.5) is 4.79 Å². The number of carbonyl (C=O) groups is 4. The molecule has 0 unspecified atom stereocenters. The second kappa shape index (κ2) is 16.1. The van der Waals surface area contributed by atoms with Crippen molar-refractivity contribution in [1.29, 1.82) is 0 Å². The fourth-order valence-corrected chi connectivity index (χ4v) is 4.84. The summed E-state index contributed by atoms with van der Waals surface area (Å²) in [6.45, 7) is 0.894. The summed E-state index contributed by atoms with van der Waals surface area (Å²) in [6.07, 6.45) is 2.76. The van der Waals surface area contributed by atoms with Crippen LogP contribution in [0.5, 0.6) is 0 Å². The van der Waals surface area contributed by atoms with Gasteiger partial charge in [0.2, 0.25) is 5.91 Å². The molecule has 0 saturated heterocycles. The minimum Gasteiger partial charge on any atom is -0.469 e. The third-order valence-corrected chi connectivity index (χ3v) is 7.12. The highest BCUT2D eigenvalue weighted by molar-refractivity contribution is 7.20. The molecule has 0 fully saturated rings. The van der Waals surface area contributed by atoms with Crippen molar-refractivity contribution in [2.45, 2.75) is 51.2 Å². The van der Waals surface area contributed by atoms with E-state index >= 15 is 0 Å². The van der Waals surface area contributed by atoms with E-state index < -0.39 is 12.1 Å². The smallest absolute Gasteiger partial charge is 0.407 e. The molecule has 3 rings (SSSR count). The Labute approximate surface area is 232 Å². The van der Waals surface area contributed by atoms with Crippen LogP contribution in [0.1, 0.15) is 53.8 Å². The van der Waals surface area contributed by atoms with Crippen LogP contribution < -0.4 is 16.0 Å². The van der Waals surface area contributed by atoms with Gasteiger partial charge in [-0.2, -0.15) is 0 Å². The number of rotatable bonds is 15. The van der Waals surface area contributed by atoms with E-state index in [-0.39, 0.29) is 24.4 Å². The maximum atomic E-state index is 13.0. The van der Waals surface area contributed by atoms with E-state index in [1.54, 1.807) is 0 Å². The lowest BCUT2D eigenvalue weighted by atomic mass is 10.1. The largest absolute Gasteiger partial charge is 0.469 e. The summed E-state index contributed by atoms with van der Waals surface area (Å²) < 4.78 is 10.8. The fraction of sp³-hybridized carbons (Fsp3) is 0.379. The number of fused-ring (bicyclic) bond motifs is 1. The Morgan fingerprint density at radius 1 is 0.872 bits per heavy atom. The van der Waals surface area contributed by atoms with E-state index in [4.69, 9.17) is 4.74 Å². The summed E-state index contributed by atoms with van der Waals surface area (Å²) in [5.74, 6) is -0.852. The molecule has 9 nitrogen and oxygen atoms in total. The molecule has 0 spiro atoms. The number of ether oxygens (including phenoxy) is 2. The number of hydrogen-bond donors (Lipinski definition) is 3. The number of benzene rings is 2. The quantitative estimate of drug-likeness (QED) is 0.187. The molecule has 10 heteroatoms. The number of thiophene rings is 1. The van der Waals surface area contributed by atoms with Gasteiger partial charge in [-0.25, -0.2) is 4.79 Å². The molecule has 0 radical (unpaired) electrons. The van der Waals surface area contributed by atoms with Crippen LogP contribution in [-0.4, -0.2) is 50.1 Å². The maximum absolute atomic E-state index is 13.0. The first kappa shape index (κ1) is 29.6. The van der Waals surface area contributed by atoms with Crippen molar-refractivity contribution in [3.05, 3.63) is 71.1 Å². The van der Waals surface area contributed by atoms with Gasteiger partial charge in [-0.05, 0) is 48.8 Å². The van der Waals surface area contributed by atoms with Gasteiger partial charge in [0.15, 0.2) is 0 Å². The number of carbonyl (C=O) groups excluding carboxylic acids is 4. The van der Waals surface area contributed by atoms with Gasteiger partial charge in [0.1, 0.15) is 12.6 Å². The minimum absolute atomic E-state index is 0.169. The van der Waals surface area contributed by atoms with Crippen molar-refractivity contribution >= 4 is 45.3 Å². The summed E-state index contributed by atoms with van der Waals surface area (Å²) in [5, 5.41) is 9.40. The predicted molar refractivity (Wildman–Crippen MR) is 150 cm³/mol. The second-order valence-electron chi connectivity index (χ2n) is 8.98. The molecule has 3 amide bonds. The molecule has 1 atom stereocenters. The lowest BCUT2D eigenvalue weighted by Crippen LogP contribution is -2.47. The SMILES string of the molecule is COC(=O)CCCCCNC(=O)[C@H](CCCNC(=O)OCc1ccccc1)NC(=O)c1cc2ccccc2s1.